The Hall–Kier alpha value is -1.09. The number of pyridine rings is 1. The van der Waals surface area contributed by atoms with Gasteiger partial charge in [0.25, 0.3) is 5.91 Å². The quantitative estimate of drug-likeness (QED) is 0.805. The monoisotopic (exact) mass is 226 g/mol. The van der Waals surface area contributed by atoms with Crippen LogP contribution < -0.4 is 5.32 Å². The van der Waals surface area contributed by atoms with Crippen molar-refractivity contribution in [3.63, 3.8) is 0 Å². The first-order valence-corrected chi connectivity index (χ1v) is 5.38. The number of rotatable bonds is 3. The van der Waals surface area contributed by atoms with Gasteiger partial charge in [-0.05, 0) is 32.4 Å². The second-order valence-corrected chi connectivity index (χ2v) is 4.04. The number of halogens is 1. The van der Waals surface area contributed by atoms with Gasteiger partial charge >= 0.3 is 0 Å². The van der Waals surface area contributed by atoms with Crippen molar-refractivity contribution in [2.24, 2.45) is 0 Å². The number of aromatic nitrogens is 1. The summed E-state index contributed by atoms with van der Waals surface area (Å²) in [6.45, 7) is 5.81. The predicted molar refractivity (Wildman–Crippen MR) is 61.2 cm³/mol. The van der Waals surface area contributed by atoms with E-state index >= 15 is 0 Å². The zero-order chi connectivity index (χ0) is 11.4. The first-order valence-electron chi connectivity index (χ1n) is 5.00. The molecule has 0 aliphatic carbocycles. The van der Waals surface area contributed by atoms with Gasteiger partial charge in [-0.1, -0.05) is 18.5 Å². The molecule has 1 N–H and O–H groups in total. The summed E-state index contributed by atoms with van der Waals surface area (Å²) < 4.78 is 0. The molecule has 15 heavy (non-hydrogen) atoms. The summed E-state index contributed by atoms with van der Waals surface area (Å²) in [6.07, 6.45) is 0.766. The zero-order valence-electron chi connectivity index (χ0n) is 9.17. The standard InChI is InChI=1S/C11H15ClN2O/c1-4-9-5-8(6-10(12)14-9)11(15)13-7(2)3/h5-7H,4H2,1-3H3,(H,13,15). The second-order valence-electron chi connectivity index (χ2n) is 3.65. The summed E-state index contributed by atoms with van der Waals surface area (Å²) in [6, 6.07) is 3.47. The smallest absolute Gasteiger partial charge is 0.251 e. The van der Waals surface area contributed by atoms with E-state index in [1.165, 1.54) is 0 Å². The average Bonchev–Trinajstić information content (AvgIpc) is 2.15. The van der Waals surface area contributed by atoms with Gasteiger partial charge < -0.3 is 5.32 Å². The van der Waals surface area contributed by atoms with Gasteiger partial charge in [-0.2, -0.15) is 0 Å². The normalized spacial score (nSPS) is 10.5. The van der Waals surface area contributed by atoms with E-state index in [2.05, 4.69) is 10.3 Å². The Morgan fingerprint density at radius 2 is 2.20 bits per heavy atom. The third-order valence-electron chi connectivity index (χ3n) is 1.89. The molecule has 1 heterocycles. The summed E-state index contributed by atoms with van der Waals surface area (Å²) in [5, 5.41) is 3.18. The molecule has 0 aliphatic heterocycles. The van der Waals surface area contributed by atoms with E-state index in [-0.39, 0.29) is 11.9 Å². The molecular weight excluding hydrogens is 212 g/mol. The lowest BCUT2D eigenvalue weighted by Crippen LogP contribution is -2.30. The molecule has 0 aliphatic rings. The van der Waals surface area contributed by atoms with E-state index in [1.54, 1.807) is 12.1 Å². The minimum Gasteiger partial charge on any atom is -0.350 e. The van der Waals surface area contributed by atoms with E-state index in [0.717, 1.165) is 12.1 Å². The van der Waals surface area contributed by atoms with Crippen LogP contribution in [0.25, 0.3) is 0 Å². The lowest BCUT2D eigenvalue weighted by Gasteiger charge is -2.09. The summed E-state index contributed by atoms with van der Waals surface area (Å²) in [7, 11) is 0. The lowest BCUT2D eigenvalue weighted by molar-refractivity contribution is 0.0943. The molecule has 1 aromatic heterocycles. The molecule has 0 aromatic carbocycles. The average molecular weight is 227 g/mol. The summed E-state index contributed by atoms with van der Waals surface area (Å²) >= 11 is 5.82. The summed E-state index contributed by atoms with van der Waals surface area (Å²) in [4.78, 5) is 15.8. The van der Waals surface area contributed by atoms with Crippen LogP contribution in [0, 0.1) is 0 Å². The molecule has 1 rings (SSSR count). The molecule has 0 spiro atoms. The third-order valence-corrected chi connectivity index (χ3v) is 2.08. The molecule has 0 saturated carbocycles. The van der Waals surface area contributed by atoms with Gasteiger partial charge in [0.2, 0.25) is 0 Å². The minimum absolute atomic E-state index is 0.107. The summed E-state index contributed by atoms with van der Waals surface area (Å²) in [5.41, 5.74) is 1.40. The fourth-order valence-corrected chi connectivity index (χ4v) is 1.44. The Morgan fingerprint density at radius 1 is 1.53 bits per heavy atom. The van der Waals surface area contributed by atoms with Crippen LogP contribution in [0.3, 0.4) is 0 Å². The number of aryl methyl sites for hydroxylation is 1. The molecular formula is C11H15ClN2O. The third kappa shape index (κ3) is 3.51. The van der Waals surface area contributed by atoms with Gasteiger partial charge in [0, 0.05) is 17.3 Å². The SMILES string of the molecule is CCc1cc(C(=O)NC(C)C)cc(Cl)n1. The number of nitrogens with zero attached hydrogens (tertiary/aromatic N) is 1. The molecule has 4 heteroatoms. The Kier molecular flexibility index (Phi) is 4.09. The maximum Gasteiger partial charge on any atom is 0.251 e. The molecule has 3 nitrogen and oxygen atoms in total. The molecule has 0 unspecified atom stereocenters. The van der Waals surface area contributed by atoms with Gasteiger partial charge in [-0.15, -0.1) is 0 Å². The van der Waals surface area contributed by atoms with Crippen molar-refractivity contribution < 1.29 is 4.79 Å². The number of carbonyl (C=O) groups excluding carboxylic acids is 1. The number of amides is 1. The van der Waals surface area contributed by atoms with Crippen molar-refractivity contribution in [1.29, 1.82) is 0 Å². The van der Waals surface area contributed by atoms with Crippen LogP contribution in [0.5, 0.6) is 0 Å². The summed E-state index contributed by atoms with van der Waals surface area (Å²) in [5.74, 6) is -0.107. The fraction of sp³-hybridized carbons (Fsp3) is 0.455. The van der Waals surface area contributed by atoms with Gasteiger partial charge in [0.1, 0.15) is 5.15 Å². The van der Waals surface area contributed by atoms with Crippen molar-refractivity contribution in [3.05, 3.63) is 28.5 Å². The van der Waals surface area contributed by atoms with Crippen molar-refractivity contribution >= 4 is 17.5 Å². The first kappa shape index (κ1) is 12.0. The molecule has 0 saturated heterocycles. The molecule has 0 atom stereocenters. The van der Waals surface area contributed by atoms with E-state index in [1.807, 2.05) is 20.8 Å². The molecule has 0 fully saturated rings. The highest BCUT2D eigenvalue weighted by molar-refractivity contribution is 6.29. The van der Waals surface area contributed by atoms with Crippen LogP contribution >= 0.6 is 11.6 Å². The van der Waals surface area contributed by atoms with E-state index in [4.69, 9.17) is 11.6 Å². The van der Waals surface area contributed by atoms with Crippen molar-refractivity contribution in [2.75, 3.05) is 0 Å². The Labute approximate surface area is 94.9 Å². The number of carbonyl (C=O) groups is 1. The topological polar surface area (TPSA) is 42.0 Å². The van der Waals surface area contributed by atoms with Crippen LogP contribution in [-0.4, -0.2) is 16.9 Å². The minimum atomic E-state index is -0.107. The lowest BCUT2D eigenvalue weighted by atomic mass is 10.2. The van der Waals surface area contributed by atoms with Gasteiger partial charge in [-0.3, -0.25) is 4.79 Å². The first-order chi connectivity index (χ1) is 7.02. The van der Waals surface area contributed by atoms with Crippen LogP contribution in [0.1, 0.15) is 36.8 Å². The van der Waals surface area contributed by atoms with Crippen LogP contribution in [0.4, 0.5) is 0 Å². The maximum atomic E-state index is 11.7. The molecule has 1 amide bonds. The van der Waals surface area contributed by atoms with Crippen molar-refractivity contribution in [3.8, 4) is 0 Å². The predicted octanol–water partition coefficient (Wildman–Crippen LogP) is 2.44. The molecule has 0 radical (unpaired) electrons. The molecule has 1 aromatic rings. The van der Waals surface area contributed by atoms with Gasteiger partial charge in [0.05, 0.1) is 0 Å². The van der Waals surface area contributed by atoms with Crippen LogP contribution in [-0.2, 0) is 6.42 Å². The van der Waals surface area contributed by atoms with Crippen molar-refractivity contribution in [1.82, 2.24) is 10.3 Å². The van der Waals surface area contributed by atoms with Crippen LogP contribution in [0.2, 0.25) is 5.15 Å². The van der Waals surface area contributed by atoms with E-state index in [0.29, 0.717) is 10.7 Å². The van der Waals surface area contributed by atoms with Crippen LogP contribution in [0.15, 0.2) is 12.1 Å². The Morgan fingerprint density at radius 3 is 2.73 bits per heavy atom. The highest BCUT2D eigenvalue weighted by Gasteiger charge is 2.09. The van der Waals surface area contributed by atoms with E-state index < -0.39 is 0 Å². The fourth-order valence-electron chi connectivity index (χ4n) is 1.21. The number of nitrogens with one attached hydrogen (secondary N) is 1. The zero-order valence-corrected chi connectivity index (χ0v) is 9.93. The van der Waals surface area contributed by atoms with Crippen molar-refractivity contribution in [2.45, 2.75) is 33.2 Å². The maximum absolute atomic E-state index is 11.7. The highest BCUT2D eigenvalue weighted by atomic mass is 35.5. The Balaban J connectivity index is 2.93. The van der Waals surface area contributed by atoms with E-state index in [9.17, 15) is 4.79 Å². The highest BCUT2D eigenvalue weighted by Crippen LogP contribution is 2.11. The largest absolute Gasteiger partial charge is 0.350 e. The Bertz CT molecular complexity index is 364. The van der Waals surface area contributed by atoms with Gasteiger partial charge in [0.15, 0.2) is 0 Å². The second kappa shape index (κ2) is 5.12. The van der Waals surface area contributed by atoms with Gasteiger partial charge in [-0.25, -0.2) is 4.98 Å². The number of hydrogen-bond donors (Lipinski definition) is 1. The number of hydrogen-bond acceptors (Lipinski definition) is 2. The molecule has 82 valence electrons. The molecule has 0 bridgehead atoms.